The Morgan fingerprint density at radius 1 is 0.926 bits per heavy atom. The maximum atomic E-state index is 12.8. The zero-order valence-corrected chi connectivity index (χ0v) is 29.8. The second kappa shape index (κ2) is 15.5. The number of rotatable bonds is 12. The van der Waals surface area contributed by atoms with Crippen LogP contribution in [-0.4, -0.2) is 98.8 Å². The van der Waals surface area contributed by atoms with E-state index in [0.29, 0.717) is 74.2 Å². The van der Waals surface area contributed by atoms with Gasteiger partial charge in [-0.2, -0.15) is 14.8 Å². The minimum atomic E-state index is -1.14. The molecular formula is C38H43N13O3. The fourth-order valence-electron chi connectivity index (χ4n) is 7.41. The monoisotopic (exact) mass is 729 g/mol. The number of imidazole rings is 1. The lowest BCUT2D eigenvalue weighted by Gasteiger charge is -2.22. The Morgan fingerprint density at radius 2 is 1.67 bits per heavy atom. The molecule has 4 aromatic heterocycles. The fraction of sp³-hybridized carbons (Fsp3) is 0.368. The highest BCUT2D eigenvalue weighted by molar-refractivity contribution is 5.84. The van der Waals surface area contributed by atoms with Crippen LogP contribution < -0.4 is 20.9 Å². The summed E-state index contributed by atoms with van der Waals surface area (Å²) in [5, 5.41) is 44.8. The predicted octanol–water partition coefficient (Wildman–Crippen LogP) is 3.00. The first-order valence-electron chi connectivity index (χ1n) is 18.4. The molecule has 2 fully saturated rings. The number of benzene rings is 2. The van der Waals surface area contributed by atoms with Crippen molar-refractivity contribution in [2.24, 2.45) is 0 Å². The number of aliphatic hydroxyl groups is 2. The third-order valence-electron chi connectivity index (χ3n) is 10.3. The molecule has 5 atom stereocenters. The maximum absolute atomic E-state index is 12.8. The zero-order valence-electron chi connectivity index (χ0n) is 29.8. The number of tetrazole rings is 1. The molecule has 0 spiro atoms. The number of aromatic nitrogens is 9. The van der Waals surface area contributed by atoms with Crippen LogP contribution in [0.1, 0.15) is 60.4 Å². The molecule has 0 radical (unpaired) electrons. The number of nitrogens with one attached hydrogen (secondary N) is 3. The van der Waals surface area contributed by atoms with Gasteiger partial charge in [0.25, 0.3) is 0 Å². The lowest BCUT2D eigenvalue weighted by molar-refractivity contribution is 0.00473. The van der Waals surface area contributed by atoms with E-state index in [4.69, 9.17) is 15.0 Å². The third kappa shape index (κ3) is 7.30. The maximum Gasteiger partial charge on any atom is 0.315 e. The average molecular weight is 730 g/mol. The fourth-order valence-corrected chi connectivity index (χ4v) is 7.41. The van der Waals surface area contributed by atoms with Crippen LogP contribution in [0.15, 0.2) is 91.4 Å². The third-order valence-corrected chi connectivity index (χ3v) is 10.3. The second-order valence-corrected chi connectivity index (χ2v) is 13.8. The van der Waals surface area contributed by atoms with E-state index >= 15 is 0 Å². The van der Waals surface area contributed by atoms with E-state index in [1.54, 1.807) is 12.5 Å². The summed E-state index contributed by atoms with van der Waals surface area (Å²) >= 11 is 0. The molecule has 8 rings (SSSR count). The quantitative estimate of drug-likeness (QED) is 0.124. The molecule has 1 aliphatic heterocycles. The van der Waals surface area contributed by atoms with E-state index < -0.39 is 24.3 Å². The first kappa shape index (κ1) is 35.1. The summed E-state index contributed by atoms with van der Waals surface area (Å²) in [4.78, 5) is 35.4. The van der Waals surface area contributed by atoms with Gasteiger partial charge in [0.2, 0.25) is 5.95 Å². The van der Waals surface area contributed by atoms with Crippen LogP contribution in [0.3, 0.4) is 0 Å². The van der Waals surface area contributed by atoms with Crippen molar-refractivity contribution >= 4 is 29.0 Å². The summed E-state index contributed by atoms with van der Waals surface area (Å²) in [5.41, 5.74) is 4.14. The molecule has 2 aromatic carbocycles. The van der Waals surface area contributed by atoms with Crippen LogP contribution in [0.2, 0.25) is 0 Å². The molecule has 1 saturated carbocycles. The number of fused-ring (bicyclic) bond motifs is 1. The van der Waals surface area contributed by atoms with Gasteiger partial charge in [-0.15, -0.1) is 10.2 Å². The van der Waals surface area contributed by atoms with Crippen LogP contribution in [0, 0.1) is 0 Å². The largest absolute Gasteiger partial charge is 0.388 e. The van der Waals surface area contributed by atoms with Gasteiger partial charge in [-0.1, -0.05) is 73.7 Å². The van der Waals surface area contributed by atoms with Gasteiger partial charge in [0.1, 0.15) is 18.2 Å². The molecule has 2 aliphatic rings. The van der Waals surface area contributed by atoms with E-state index in [1.807, 2.05) is 71.0 Å². The van der Waals surface area contributed by atoms with Crippen molar-refractivity contribution in [1.29, 1.82) is 0 Å². The molecule has 2 amide bonds. The normalized spacial score (nSPS) is 21.2. The van der Waals surface area contributed by atoms with E-state index in [9.17, 15) is 15.0 Å². The van der Waals surface area contributed by atoms with Crippen molar-refractivity contribution in [3.05, 3.63) is 114 Å². The van der Waals surface area contributed by atoms with Crippen molar-refractivity contribution in [1.82, 2.24) is 55.3 Å². The first-order valence-corrected chi connectivity index (χ1v) is 18.4. The summed E-state index contributed by atoms with van der Waals surface area (Å²) in [6.07, 6.45) is 2.72. The summed E-state index contributed by atoms with van der Waals surface area (Å²) in [6, 6.07) is 24.7. The predicted molar refractivity (Wildman–Crippen MR) is 201 cm³/mol. The van der Waals surface area contributed by atoms with Gasteiger partial charge in [-0.05, 0) is 41.3 Å². The number of carbonyl (C=O) groups is 1. The lowest BCUT2D eigenvalue weighted by atomic mass is 9.91. The summed E-state index contributed by atoms with van der Waals surface area (Å²) < 4.78 is 1.82. The van der Waals surface area contributed by atoms with E-state index in [-0.39, 0.29) is 18.0 Å². The van der Waals surface area contributed by atoms with Gasteiger partial charge < -0.3 is 35.6 Å². The van der Waals surface area contributed by atoms with Crippen LogP contribution in [0.4, 0.5) is 16.6 Å². The Kier molecular flexibility index (Phi) is 10.1. The van der Waals surface area contributed by atoms with Gasteiger partial charge >= 0.3 is 6.03 Å². The Hall–Kier alpha value is -6.00. The highest BCUT2D eigenvalue weighted by Gasteiger charge is 2.45. The first-order chi connectivity index (χ1) is 26.4. The van der Waals surface area contributed by atoms with E-state index in [2.05, 4.69) is 60.6 Å². The van der Waals surface area contributed by atoms with Crippen molar-refractivity contribution in [2.75, 3.05) is 29.9 Å². The summed E-state index contributed by atoms with van der Waals surface area (Å²) in [6.45, 7) is 3.90. The number of amides is 2. The molecule has 1 aliphatic carbocycles. The number of aliphatic hydroxyl groups excluding tert-OH is 2. The highest BCUT2D eigenvalue weighted by atomic mass is 16.3. The highest BCUT2D eigenvalue weighted by Crippen LogP contribution is 2.40. The molecule has 3 unspecified atom stereocenters. The van der Waals surface area contributed by atoms with Gasteiger partial charge in [-0.25, -0.2) is 9.78 Å². The zero-order chi connectivity index (χ0) is 37.0. The number of aryl methyl sites for hydroxylation is 1. The van der Waals surface area contributed by atoms with E-state index in [0.717, 1.165) is 16.8 Å². The number of urea groups is 1. The molecule has 278 valence electrons. The van der Waals surface area contributed by atoms with Crippen molar-refractivity contribution in [3.63, 3.8) is 0 Å². The topological polar surface area (TPSA) is 197 Å². The van der Waals surface area contributed by atoms with Crippen LogP contribution in [0.25, 0.3) is 11.2 Å². The average Bonchev–Trinajstić information content (AvgIpc) is 4.03. The number of hydrogen-bond acceptors (Lipinski definition) is 12. The molecule has 16 heteroatoms. The summed E-state index contributed by atoms with van der Waals surface area (Å²) in [7, 11) is 0. The van der Waals surface area contributed by atoms with Crippen LogP contribution >= 0.6 is 0 Å². The van der Waals surface area contributed by atoms with Crippen molar-refractivity contribution in [3.8, 4) is 0 Å². The number of pyridine rings is 1. The van der Waals surface area contributed by atoms with Gasteiger partial charge in [0.05, 0.1) is 24.6 Å². The SMILES string of the molecule is CCc1nnn(C2C[C@@H](n3cnc4c(NCC(c5ccccc5)c5ccccc5)nc(N5CCC(NC(=O)NCc6ccccn6)C5)nc43)C(O)[C@@H]2O)n1. The van der Waals surface area contributed by atoms with Gasteiger partial charge in [0, 0.05) is 44.2 Å². The molecule has 1 saturated heterocycles. The minimum absolute atomic E-state index is 0.0173. The number of anilines is 2. The summed E-state index contributed by atoms with van der Waals surface area (Å²) in [5.74, 6) is 1.60. The molecule has 0 bridgehead atoms. The second-order valence-electron chi connectivity index (χ2n) is 13.8. The van der Waals surface area contributed by atoms with Crippen LogP contribution in [-0.2, 0) is 13.0 Å². The van der Waals surface area contributed by atoms with Gasteiger partial charge in [0.15, 0.2) is 22.8 Å². The van der Waals surface area contributed by atoms with Gasteiger partial charge in [-0.3, -0.25) is 4.98 Å². The number of nitrogens with zero attached hydrogens (tertiary/aromatic N) is 10. The Labute approximate surface area is 311 Å². The number of carbonyl (C=O) groups excluding carboxylic acids is 1. The Balaban J connectivity index is 1.08. The smallest absolute Gasteiger partial charge is 0.315 e. The standard InChI is InChI=1S/C38H43N13O3/c1-2-31-46-48-51(47-31)30-19-29(33(52)34(30)53)50-23-42-32-35(40-21-28(24-11-5-3-6-12-24)25-13-7-4-8-14-25)44-37(45-36(32)50)49-18-16-27(22-49)43-38(54)41-20-26-15-9-10-17-39-26/h3-15,17,23,27-30,33-34,52-53H,2,16,18-22H2,1H3,(H,40,44,45)(H2,41,43,54)/t27?,29-,30?,33?,34-/m1/s1. The Morgan fingerprint density at radius 3 is 2.37 bits per heavy atom. The molecule has 54 heavy (non-hydrogen) atoms. The molecular weight excluding hydrogens is 687 g/mol. The lowest BCUT2D eigenvalue weighted by Crippen LogP contribution is -2.43. The molecule has 5 heterocycles. The molecule has 5 N–H and O–H groups in total. The Bertz CT molecular complexity index is 2130. The molecule has 6 aromatic rings. The van der Waals surface area contributed by atoms with E-state index in [1.165, 1.54) is 4.80 Å². The minimum Gasteiger partial charge on any atom is -0.388 e. The van der Waals surface area contributed by atoms with Crippen LogP contribution in [0.5, 0.6) is 0 Å². The molecule has 16 nitrogen and oxygen atoms in total. The van der Waals surface area contributed by atoms with Crippen molar-refractivity contribution < 1.29 is 15.0 Å². The van der Waals surface area contributed by atoms with Crippen molar-refractivity contribution in [2.45, 2.75) is 69.0 Å². The number of hydrogen-bond donors (Lipinski definition) is 5.